The lowest BCUT2D eigenvalue weighted by Crippen LogP contribution is -2.48. The van der Waals surface area contributed by atoms with Crippen LogP contribution in [0.15, 0.2) is 54.6 Å². The van der Waals surface area contributed by atoms with Gasteiger partial charge in [-0.2, -0.15) is 18.2 Å². The van der Waals surface area contributed by atoms with E-state index in [-0.39, 0.29) is 11.7 Å². The minimum absolute atomic E-state index is 0.0223. The molecule has 3 heterocycles. The Labute approximate surface area is 198 Å². The van der Waals surface area contributed by atoms with Crippen LogP contribution in [-0.2, 0) is 11.0 Å². The number of benzene rings is 2. The smallest absolute Gasteiger partial charge is 0.383 e. The Balaban J connectivity index is 1.61. The zero-order chi connectivity index (χ0) is 24.7. The van der Waals surface area contributed by atoms with Crippen LogP contribution in [0.3, 0.4) is 0 Å². The lowest BCUT2D eigenvalue weighted by Gasteiger charge is -2.34. The molecule has 0 unspecified atom stereocenters. The maximum Gasteiger partial charge on any atom is 0.416 e. The number of nitrogens with zero attached hydrogens (tertiary/aromatic N) is 6. The molecule has 180 valence electrons. The third-order valence-corrected chi connectivity index (χ3v) is 6.05. The summed E-state index contributed by atoms with van der Waals surface area (Å²) < 4.78 is 40.4. The second-order valence-electron chi connectivity index (χ2n) is 8.27. The number of aromatic nitrogens is 4. The number of hydrogen-bond donors (Lipinski definition) is 1. The van der Waals surface area contributed by atoms with E-state index in [0.717, 1.165) is 17.7 Å². The standard InChI is InChI=1S/C24H22F3N7O/c1-15(35)32-11-13-33(14-12-32)23-29-20(16-5-3-2-4-6-16)19-21(28)34(31-22(19)30-23)18-9-7-17(8-10-18)24(25,26)27/h2-10H,11-14,28H2,1H3. The summed E-state index contributed by atoms with van der Waals surface area (Å²) in [7, 11) is 0. The number of carbonyl (C=O) groups is 1. The molecule has 11 heteroatoms. The number of rotatable bonds is 3. The van der Waals surface area contributed by atoms with Gasteiger partial charge in [0, 0.05) is 38.7 Å². The van der Waals surface area contributed by atoms with Crippen molar-refractivity contribution in [2.45, 2.75) is 13.1 Å². The van der Waals surface area contributed by atoms with E-state index in [1.807, 2.05) is 35.2 Å². The number of fused-ring (bicyclic) bond motifs is 1. The van der Waals surface area contributed by atoms with Crippen molar-refractivity contribution < 1.29 is 18.0 Å². The molecule has 4 aromatic rings. The van der Waals surface area contributed by atoms with E-state index < -0.39 is 11.7 Å². The largest absolute Gasteiger partial charge is 0.416 e. The predicted molar refractivity (Wildman–Crippen MR) is 126 cm³/mol. The van der Waals surface area contributed by atoms with Crippen molar-refractivity contribution in [3.8, 4) is 16.9 Å². The molecule has 35 heavy (non-hydrogen) atoms. The highest BCUT2D eigenvalue weighted by molar-refractivity contribution is 5.99. The molecular formula is C24H22F3N7O. The molecule has 0 atom stereocenters. The van der Waals surface area contributed by atoms with Gasteiger partial charge in [-0.1, -0.05) is 30.3 Å². The average Bonchev–Trinajstić information content (AvgIpc) is 3.20. The number of alkyl halides is 3. The highest BCUT2D eigenvalue weighted by Gasteiger charge is 2.30. The van der Waals surface area contributed by atoms with E-state index in [1.165, 1.54) is 16.8 Å². The summed E-state index contributed by atoms with van der Waals surface area (Å²) in [5.74, 6) is 0.706. The molecule has 1 aliphatic rings. The van der Waals surface area contributed by atoms with Crippen molar-refractivity contribution in [3.63, 3.8) is 0 Å². The van der Waals surface area contributed by atoms with Crippen molar-refractivity contribution >= 4 is 28.7 Å². The van der Waals surface area contributed by atoms with E-state index in [4.69, 9.17) is 10.7 Å². The molecule has 2 aromatic heterocycles. The number of piperazine rings is 1. The fourth-order valence-corrected chi connectivity index (χ4v) is 4.16. The van der Waals surface area contributed by atoms with Crippen LogP contribution in [-0.4, -0.2) is 56.7 Å². The Morgan fingerprint density at radius 2 is 1.60 bits per heavy atom. The van der Waals surface area contributed by atoms with Crippen molar-refractivity contribution in [2.75, 3.05) is 36.8 Å². The molecule has 0 spiro atoms. The highest BCUT2D eigenvalue weighted by Crippen LogP contribution is 2.34. The summed E-state index contributed by atoms with van der Waals surface area (Å²) in [6.07, 6.45) is -4.44. The zero-order valence-corrected chi connectivity index (χ0v) is 18.8. The second-order valence-corrected chi connectivity index (χ2v) is 8.27. The number of carbonyl (C=O) groups excluding carboxylic acids is 1. The van der Waals surface area contributed by atoms with E-state index in [0.29, 0.717) is 54.5 Å². The summed E-state index contributed by atoms with van der Waals surface area (Å²) in [5, 5.41) is 5.04. The Bertz CT molecular complexity index is 1380. The Morgan fingerprint density at radius 3 is 2.20 bits per heavy atom. The molecule has 1 fully saturated rings. The summed E-state index contributed by atoms with van der Waals surface area (Å²) in [5.41, 5.74) is 7.80. The van der Waals surface area contributed by atoms with Crippen LogP contribution in [0, 0.1) is 0 Å². The topological polar surface area (TPSA) is 93.2 Å². The molecule has 5 rings (SSSR count). The number of amides is 1. The van der Waals surface area contributed by atoms with Crippen LogP contribution in [0.25, 0.3) is 28.0 Å². The van der Waals surface area contributed by atoms with Crippen molar-refractivity contribution in [1.29, 1.82) is 0 Å². The number of hydrogen-bond acceptors (Lipinski definition) is 6. The Morgan fingerprint density at radius 1 is 0.943 bits per heavy atom. The Hall–Kier alpha value is -4.15. The van der Waals surface area contributed by atoms with Crippen molar-refractivity contribution in [3.05, 3.63) is 60.2 Å². The normalized spacial score (nSPS) is 14.5. The summed E-state index contributed by atoms with van der Waals surface area (Å²) >= 11 is 0. The van der Waals surface area contributed by atoms with Gasteiger partial charge >= 0.3 is 6.18 Å². The minimum Gasteiger partial charge on any atom is -0.383 e. The molecule has 0 bridgehead atoms. The predicted octanol–water partition coefficient (Wildman–Crippen LogP) is 3.75. The fraction of sp³-hybridized carbons (Fsp3) is 0.250. The first-order valence-corrected chi connectivity index (χ1v) is 11.0. The van der Waals surface area contributed by atoms with E-state index in [9.17, 15) is 18.0 Å². The van der Waals surface area contributed by atoms with Gasteiger partial charge in [0.15, 0.2) is 5.65 Å². The van der Waals surface area contributed by atoms with E-state index >= 15 is 0 Å². The molecular weight excluding hydrogens is 459 g/mol. The van der Waals surface area contributed by atoms with Crippen molar-refractivity contribution in [2.24, 2.45) is 0 Å². The van der Waals surface area contributed by atoms with Crippen LogP contribution >= 0.6 is 0 Å². The molecule has 2 N–H and O–H groups in total. The van der Waals surface area contributed by atoms with Gasteiger partial charge in [-0.3, -0.25) is 4.79 Å². The lowest BCUT2D eigenvalue weighted by molar-refractivity contribution is -0.137. The third kappa shape index (κ3) is 4.25. The van der Waals surface area contributed by atoms with Gasteiger partial charge < -0.3 is 15.5 Å². The third-order valence-electron chi connectivity index (χ3n) is 6.05. The zero-order valence-electron chi connectivity index (χ0n) is 18.8. The van der Waals surface area contributed by atoms with E-state index in [2.05, 4.69) is 10.1 Å². The van der Waals surface area contributed by atoms with Crippen LogP contribution in [0.4, 0.5) is 24.9 Å². The first-order valence-electron chi connectivity index (χ1n) is 11.0. The van der Waals surface area contributed by atoms with Gasteiger partial charge in [-0.25, -0.2) is 9.67 Å². The average molecular weight is 481 g/mol. The molecule has 1 saturated heterocycles. The Kier molecular flexibility index (Phi) is 5.54. The maximum absolute atomic E-state index is 13.0. The van der Waals surface area contributed by atoms with Gasteiger partial charge in [0.2, 0.25) is 11.9 Å². The molecule has 2 aromatic carbocycles. The highest BCUT2D eigenvalue weighted by atomic mass is 19.4. The summed E-state index contributed by atoms with van der Waals surface area (Å²) in [6.45, 7) is 3.78. The van der Waals surface area contributed by atoms with Crippen LogP contribution in [0.1, 0.15) is 12.5 Å². The molecule has 0 radical (unpaired) electrons. The second kappa shape index (κ2) is 8.57. The molecule has 8 nitrogen and oxygen atoms in total. The van der Waals surface area contributed by atoms with Gasteiger partial charge in [0.05, 0.1) is 22.3 Å². The van der Waals surface area contributed by atoms with E-state index in [1.54, 1.807) is 11.8 Å². The van der Waals surface area contributed by atoms with Gasteiger partial charge in [0.25, 0.3) is 0 Å². The fourth-order valence-electron chi connectivity index (χ4n) is 4.16. The summed E-state index contributed by atoms with van der Waals surface area (Å²) in [4.78, 5) is 24.9. The molecule has 1 amide bonds. The SMILES string of the molecule is CC(=O)N1CCN(c2nc(-c3ccccc3)c3c(N)n(-c4ccc(C(F)(F)F)cc4)nc3n2)CC1. The molecule has 0 saturated carbocycles. The van der Waals surface area contributed by atoms with Crippen LogP contribution in [0.2, 0.25) is 0 Å². The monoisotopic (exact) mass is 481 g/mol. The summed E-state index contributed by atoms with van der Waals surface area (Å²) in [6, 6.07) is 14.1. The lowest BCUT2D eigenvalue weighted by atomic mass is 10.1. The number of halogens is 3. The van der Waals surface area contributed by atoms with Gasteiger partial charge in [0.1, 0.15) is 5.82 Å². The quantitative estimate of drug-likeness (QED) is 0.479. The number of anilines is 2. The van der Waals surface area contributed by atoms with Gasteiger partial charge in [-0.05, 0) is 24.3 Å². The first-order chi connectivity index (χ1) is 16.7. The minimum atomic E-state index is -4.44. The van der Waals surface area contributed by atoms with Crippen LogP contribution < -0.4 is 10.6 Å². The first kappa shape index (κ1) is 22.6. The number of nitrogen functional groups attached to an aromatic ring is 1. The molecule has 1 aliphatic heterocycles. The maximum atomic E-state index is 13.0. The molecule has 0 aliphatic carbocycles. The van der Waals surface area contributed by atoms with Crippen LogP contribution in [0.5, 0.6) is 0 Å². The van der Waals surface area contributed by atoms with Crippen molar-refractivity contribution in [1.82, 2.24) is 24.6 Å². The van der Waals surface area contributed by atoms with Gasteiger partial charge in [-0.15, -0.1) is 5.10 Å². The number of nitrogens with two attached hydrogens (primary N) is 1.